The third-order valence-corrected chi connectivity index (χ3v) is 7.81. The van der Waals surface area contributed by atoms with Gasteiger partial charge in [-0.05, 0) is 38.0 Å². The average molecular weight is 516 g/mol. The number of hydrogen-bond donors (Lipinski definition) is 1. The quantitative estimate of drug-likeness (QED) is 0.538. The van der Waals surface area contributed by atoms with Crippen molar-refractivity contribution < 1.29 is 23.5 Å². The van der Waals surface area contributed by atoms with Crippen LogP contribution in [0.1, 0.15) is 44.8 Å². The van der Waals surface area contributed by atoms with Gasteiger partial charge in [0.15, 0.2) is 0 Å². The predicted molar refractivity (Wildman–Crippen MR) is 138 cm³/mol. The summed E-state index contributed by atoms with van der Waals surface area (Å²) in [5, 5.41) is 3.28. The van der Waals surface area contributed by atoms with Crippen molar-refractivity contribution in [3.8, 4) is 22.8 Å². The van der Waals surface area contributed by atoms with E-state index in [1.807, 2.05) is 26.0 Å². The largest absolute Gasteiger partial charge is 0.485 e. The van der Waals surface area contributed by atoms with Crippen molar-refractivity contribution in [2.24, 2.45) is 5.92 Å². The highest BCUT2D eigenvalue weighted by Crippen LogP contribution is 2.46. The number of ether oxygens (including phenoxy) is 2. The molecule has 6 heterocycles. The molecule has 0 radical (unpaired) electrons. The number of fused-ring (bicyclic) bond motifs is 6. The number of nitrogens with one attached hydrogen (secondary N) is 1. The first-order valence-corrected chi connectivity index (χ1v) is 12.9. The Morgan fingerprint density at radius 3 is 2.74 bits per heavy atom. The van der Waals surface area contributed by atoms with Crippen molar-refractivity contribution in [3.63, 3.8) is 0 Å². The highest BCUT2D eigenvalue weighted by Gasteiger charge is 2.42. The van der Waals surface area contributed by atoms with Crippen LogP contribution in [0.15, 0.2) is 36.7 Å². The number of carbonyl (C=O) groups excluding carboxylic acids is 2. The molecule has 2 unspecified atom stereocenters. The van der Waals surface area contributed by atoms with Gasteiger partial charge in [0.25, 0.3) is 0 Å². The molecule has 0 bridgehead atoms. The zero-order valence-corrected chi connectivity index (χ0v) is 21.0. The van der Waals surface area contributed by atoms with Crippen molar-refractivity contribution in [1.29, 1.82) is 0 Å². The van der Waals surface area contributed by atoms with E-state index in [1.54, 1.807) is 23.4 Å². The van der Waals surface area contributed by atoms with E-state index in [-0.39, 0.29) is 35.6 Å². The smallest absolute Gasteiger partial charge is 0.238 e. The van der Waals surface area contributed by atoms with Crippen LogP contribution in [0.5, 0.6) is 11.6 Å². The summed E-state index contributed by atoms with van der Waals surface area (Å²) in [5.41, 5.74) is 3.82. The molecule has 0 aliphatic carbocycles. The summed E-state index contributed by atoms with van der Waals surface area (Å²) in [6.45, 7) is 4.82. The molecule has 0 spiro atoms. The summed E-state index contributed by atoms with van der Waals surface area (Å²) in [7, 11) is 0. The topological polar surface area (TPSA) is 96.9 Å². The van der Waals surface area contributed by atoms with Crippen molar-refractivity contribution in [3.05, 3.63) is 48.0 Å². The number of rotatable bonds is 3. The van der Waals surface area contributed by atoms with Crippen LogP contribution in [0.3, 0.4) is 0 Å². The van der Waals surface area contributed by atoms with E-state index in [2.05, 4.69) is 15.3 Å². The van der Waals surface area contributed by atoms with Crippen LogP contribution in [-0.2, 0) is 9.59 Å². The van der Waals surface area contributed by atoms with E-state index in [0.717, 1.165) is 24.0 Å². The van der Waals surface area contributed by atoms with E-state index < -0.39 is 5.82 Å². The summed E-state index contributed by atoms with van der Waals surface area (Å²) < 4.78 is 27.1. The van der Waals surface area contributed by atoms with Gasteiger partial charge >= 0.3 is 0 Å². The van der Waals surface area contributed by atoms with E-state index in [9.17, 15) is 9.59 Å². The molecule has 9 nitrogen and oxygen atoms in total. The van der Waals surface area contributed by atoms with Gasteiger partial charge in [-0.15, -0.1) is 0 Å². The monoisotopic (exact) mass is 515 g/mol. The Balaban J connectivity index is 1.19. The molecule has 38 heavy (non-hydrogen) atoms. The van der Waals surface area contributed by atoms with Crippen molar-refractivity contribution in [1.82, 2.24) is 9.97 Å². The van der Waals surface area contributed by atoms with Crippen LogP contribution in [0, 0.1) is 11.7 Å². The fraction of sp³-hybridized carbons (Fsp3) is 0.357. The molecule has 2 aromatic heterocycles. The minimum Gasteiger partial charge on any atom is -0.485 e. The Bertz CT molecular complexity index is 1510. The highest BCUT2D eigenvalue weighted by atomic mass is 19.1. The van der Waals surface area contributed by atoms with Crippen LogP contribution < -0.4 is 24.6 Å². The maximum absolute atomic E-state index is 15.1. The molecule has 0 saturated carbocycles. The van der Waals surface area contributed by atoms with Gasteiger partial charge in [0.2, 0.25) is 17.7 Å². The Morgan fingerprint density at radius 2 is 1.92 bits per heavy atom. The molecule has 4 aliphatic heterocycles. The molecule has 2 amide bonds. The van der Waals surface area contributed by atoms with Crippen molar-refractivity contribution in [2.45, 2.75) is 45.3 Å². The van der Waals surface area contributed by atoms with Crippen molar-refractivity contribution >= 4 is 34.7 Å². The van der Waals surface area contributed by atoms with Crippen LogP contribution in [0.25, 0.3) is 11.1 Å². The minimum atomic E-state index is -0.461. The molecule has 4 aliphatic rings. The molecule has 3 aromatic rings. The number of pyridine rings is 2. The molecule has 3 atom stereocenters. The lowest BCUT2D eigenvalue weighted by Gasteiger charge is -2.31. The van der Waals surface area contributed by atoms with E-state index >= 15 is 4.39 Å². The minimum absolute atomic E-state index is 0.0199. The zero-order chi connectivity index (χ0) is 26.1. The number of anilines is 4. The molecular formula is C28H26FN5O4. The summed E-state index contributed by atoms with van der Waals surface area (Å²) >= 11 is 0. The molecule has 2 saturated heterocycles. The van der Waals surface area contributed by atoms with E-state index in [0.29, 0.717) is 54.0 Å². The third-order valence-electron chi connectivity index (χ3n) is 7.81. The average Bonchev–Trinajstić information content (AvgIpc) is 3.46. The van der Waals surface area contributed by atoms with Gasteiger partial charge in [-0.3, -0.25) is 9.59 Å². The first-order chi connectivity index (χ1) is 18.4. The second-order valence-corrected chi connectivity index (χ2v) is 10.3. The van der Waals surface area contributed by atoms with Gasteiger partial charge in [0, 0.05) is 47.8 Å². The second kappa shape index (κ2) is 8.41. The highest BCUT2D eigenvalue weighted by molar-refractivity contribution is 6.00. The molecule has 7 rings (SSSR count). The number of amides is 2. The van der Waals surface area contributed by atoms with Gasteiger partial charge in [0.1, 0.15) is 35.8 Å². The first-order valence-electron chi connectivity index (χ1n) is 12.9. The normalized spacial score (nSPS) is 23.3. The predicted octanol–water partition coefficient (Wildman–Crippen LogP) is 4.74. The standard InChI is InChI=1S/C28H26FN5O4/c1-14-6-17-13-37-27-23(34(17)28(14)36)7-16(11-31-27)32-25-9-18-15(2)38-24-10-22(33-5-3-4-26(33)35)21(29)8-19(24)20(18)12-30-25/h7-12,14-15,17H,3-6,13H2,1-2H3,(H,30,32)/t14?,15?,17-/m0/s1. The molecule has 2 fully saturated rings. The summed E-state index contributed by atoms with van der Waals surface area (Å²) in [6, 6.07) is 6.80. The Labute approximate surface area is 218 Å². The fourth-order valence-electron chi connectivity index (χ4n) is 5.92. The molecule has 1 aromatic carbocycles. The van der Waals surface area contributed by atoms with E-state index in [4.69, 9.17) is 9.47 Å². The number of benzene rings is 1. The SMILES string of the molecule is CC1C[C@H]2COc3ncc(Nc4cc5c(cn4)-c4cc(F)c(N6CCCC6=O)cc4OC5C)cc3N2C1=O. The van der Waals surface area contributed by atoms with Gasteiger partial charge in [-0.2, -0.15) is 0 Å². The zero-order valence-electron chi connectivity index (χ0n) is 21.0. The number of carbonyl (C=O) groups is 2. The van der Waals surface area contributed by atoms with Gasteiger partial charge in [-0.1, -0.05) is 6.92 Å². The Kier molecular flexibility index (Phi) is 5.08. The maximum atomic E-state index is 15.1. The van der Waals surface area contributed by atoms with Crippen LogP contribution >= 0.6 is 0 Å². The Morgan fingerprint density at radius 1 is 1.05 bits per heavy atom. The lowest BCUT2D eigenvalue weighted by molar-refractivity contribution is -0.120. The second-order valence-electron chi connectivity index (χ2n) is 10.3. The fourth-order valence-corrected chi connectivity index (χ4v) is 5.92. The van der Waals surface area contributed by atoms with Gasteiger partial charge < -0.3 is 24.6 Å². The maximum Gasteiger partial charge on any atom is 0.238 e. The number of aromatic nitrogens is 2. The molecular weight excluding hydrogens is 489 g/mol. The Hall–Kier alpha value is -4.21. The summed E-state index contributed by atoms with van der Waals surface area (Å²) in [4.78, 5) is 37.2. The lowest BCUT2D eigenvalue weighted by atomic mass is 9.94. The van der Waals surface area contributed by atoms with E-state index in [1.165, 1.54) is 11.0 Å². The number of hydrogen-bond acceptors (Lipinski definition) is 7. The first kappa shape index (κ1) is 22.9. The van der Waals surface area contributed by atoms with Crippen molar-refractivity contribution in [2.75, 3.05) is 28.3 Å². The third kappa shape index (κ3) is 3.50. The van der Waals surface area contributed by atoms with Crippen LogP contribution in [-0.4, -0.2) is 41.0 Å². The number of halogens is 1. The van der Waals surface area contributed by atoms with Gasteiger partial charge in [0.05, 0.1) is 23.6 Å². The molecule has 1 N–H and O–H groups in total. The molecule has 10 heteroatoms. The number of nitrogens with zero attached hydrogens (tertiary/aromatic N) is 4. The summed E-state index contributed by atoms with van der Waals surface area (Å²) in [5.74, 6) is 1.04. The van der Waals surface area contributed by atoms with Crippen LogP contribution in [0.2, 0.25) is 0 Å². The molecule has 194 valence electrons. The van der Waals surface area contributed by atoms with Gasteiger partial charge in [-0.25, -0.2) is 14.4 Å². The summed E-state index contributed by atoms with van der Waals surface area (Å²) in [6.07, 6.45) is 4.95. The lowest BCUT2D eigenvalue weighted by Crippen LogP contribution is -2.41. The van der Waals surface area contributed by atoms with Crippen LogP contribution in [0.4, 0.5) is 27.3 Å².